The highest BCUT2D eigenvalue weighted by Crippen LogP contribution is 2.40. The van der Waals surface area contributed by atoms with E-state index in [1.807, 2.05) is 20.8 Å². The van der Waals surface area contributed by atoms with E-state index in [2.05, 4.69) is 10.1 Å². The zero-order chi connectivity index (χ0) is 37.8. The van der Waals surface area contributed by atoms with Crippen LogP contribution in [0.3, 0.4) is 0 Å². The van der Waals surface area contributed by atoms with Gasteiger partial charge in [-0.05, 0) is 79.6 Å². The molecule has 276 valence electrons. The van der Waals surface area contributed by atoms with Crippen molar-refractivity contribution in [2.24, 2.45) is 18.4 Å². The molecule has 1 aliphatic rings. The molecule has 0 aliphatic carbocycles. The molecule has 2 N–H and O–H groups in total. The summed E-state index contributed by atoms with van der Waals surface area (Å²) in [5, 5.41) is 14.6. The van der Waals surface area contributed by atoms with Crippen molar-refractivity contribution in [2.45, 2.75) is 75.0 Å². The molecule has 52 heavy (non-hydrogen) atoms. The van der Waals surface area contributed by atoms with Gasteiger partial charge >= 0.3 is 5.97 Å². The second-order valence-electron chi connectivity index (χ2n) is 14.8. The number of pyridine rings is 1. The van der Waals surface area contributed by atoms with Crippen molar-refractivity contribution in [3.05, 3.63) is 89.1 Å². The van der Waals surface area contributed by atoms with Gasteiger partial charge in [0.05, 0.1) is 39.0 Å². The van der Waals surface area contributed by atoms with Gasteiger partial charge in [-0.2, -0.15) is 5.10 Å². The molecule has 0 amide bonds. The van der Waals surface area contributed by atoms with E-state index in [1.54, 1.807) is 38.2 Å². The van der Waals surface area contributed by atoms with Gasteiger partial charge < -0.3 is 10.1 Å². The average Bonchev–Trinajstić information content (AvgIpc) is 3.69. The molecular formula is C37H41F2N5O6S2. The number of H-pyrrole nitrogens is 1. The van der Waals surface area contributed by atoms with Crippen LogP contribution in [0.15, 0.2) is 64.5 Å². The number of hydrogen-bond acceptors (Lipinski definition) is 8. The van der Waals surface area contributed by atoms with Crippen LogP contribution in [-0.4, -0.2) is 64.1 Å². The lowest BCUT2D eigenvalue weighted by Crippen LogP contribution is -2.30. The smallest absolute Gasteiger partial charge is 0.306 e. The first-order valence-corrected chi connectivity index (χ1v) is 20.3. The fraction of sp³-hybridized carbons (Fsp3) is 0.405. The van der Waals surface area contributed by atoms with Gasteiger partial charge in [-0.1, -0.05) is 33.3 Å². The maximum atomic E-state index is 15.9. The second kappa shape index (κ2) is 13.5. The molecule has 11 nitrogen and oxygen atoms in total. The lowest BCUT2D eigenvalue weighted by molar-refractivity contribution is -0.141. The van der Waals surface area contributed by atoms with Crippen LogP contribution in [0.25, 0.3) is 22.3 Å². The minimum Gasteiger partial charge on any atom is -0.481 e. The summed E-state index contributed by atoms with van der Waals surface area (Å²) in [5.41, 5.74) is -0.477. The highest BCUT2D eigenvalue weighted by Gasteiger charge is 2.38. The highest BCUT2D eigenvalue weighted by molar-refractivity contribution is 7.92. The molecular weight excluding hydrogens is 713 g/mol. The van der Waals surface area contributed by atoms with Gasteiger partial charge in [-0.25, -0.2) is 35.3 Å². The average molecular weight is 754 g/mol. The van der Waals surface area contributed by atoms with Gasteiger partial charge in [0.25, 0.3) is 0 Å². The van der Waals surface area contributed by atoms with E-state index in [0.717, 1.165) is 24.3 Å². The van der Waals surface area contributed by atoms with E-state index in [1.165, 1.54) is 10.9 Å². The first-order chi connectivity index (χ1) is 24.3. The standard InChI is InChI=1S/C37H41F2N5O6S2/c1-22(34(45)46)18-23-8-6-9-31(41-23)37(4)15-7-14-36(2,3)21-51(47,48)17-13-26-25-12-16-40-30(25)20-29(39)32(26)52(49,50)24-10-11-28(38)27(19-24)33-42-35(37)43-44(33)5/h6,8-12,16,19-20,22,40H,7,13-15,17-18,21H2,1-5H3,(H,45,46)/t22-,37?/m0/s1. The number of halogens is 2. The van der Waals surface area contributed by atoms with Crippen molar-refractivity contribution in [3.63, 3.8) is 0 Å². The Balaban J connectivity index is 1.56. The Labute approximate surface area is 301 Å². The summed E-state index contributed by atoms with van der Waals surface area (Å²) in [5.74, 6) is -3.83. The summed E-state index contributed by atoms with van der Waals surface area (Å²) >= 11 is 0. The monoisotopic (exact) mass is 753 g/mol. The number of aromatic nitrogens is 5. The molecule has 0 saturated heterocycles. The number of carboxylic acid groups (broad SMARTS) is 1. The number of benzene rings is 2. The first-order valence-electron chi connectivity index (χ1n) is 17.0. The molecule has 6 rings (SSSR count). The Morgan fingerprint density at radius 1 is 1.02 bits per heavy atom. The number of fused-ring (bicyclic) bond motifs is 8. The predicted molar refractivity (Wildman–Crippen MR) is 191 cm³/mol. The van der Waals surface area contributed by atoms with Crippen LogP contribution in [0.5, 0.6) is 0 Å². The Morgan fingerprint density at radius 2 is 1.77 bits per heavy atom. The van der Waals surface area contributed by atoms with Crippen LogP contribution in [-0.2, 0) is 49.8 Å². The van der Waals surface area contributed by atoms with Gasteiger partial charge in [0.2, 0.25) is 9.84 Å². The van der Waals surface area contributed by atoms with Crippen molar-refractivity contribution >= 4 is 36.5 Å². The van der Waals surface area contributed by atoms with Crippen LogP contribution < -0.4 is 0 Å². The van der Waals surface area contributed by atoms with Gasteiger partial charge in [-0.3, -0.25) is 9.78 Å². The van der Waals surface area contributed by atoms with Crippen molar-refractivity contribution in [2.75, 3.05) is 11.5 Å². The van der Waals surface area contributed by atoms with E-state index in [-0.39, 0.29) is 41.4 Å². The largest absolute Gasteiger partial charge is 0.481 e. The van der Waals surface area contributed by atoms with E-state index in [9.17, 15) is 26.7 Å². The summed E-state index contributed by atoms with van der Waals surface area (Å²) in [6.07, 6.45) is 2.83. The number of aromatic amines is 1. The van der Waals surface area contributed by atoms with E-state index >= 15 is 8.78 Å². The van der Waals surface area contributed by atoms with Gasteiger partial charge in [0.1, 0.15) is 16.5 Å². The minimum absolute atomic E-state index is 0.0220. The minimum atomic E-state index is -4.67. The highest BCUT2D eigenvalue weighted by atomic mass is 32.2. The summed E-state index contributed by atoms with van der Waals surface area (Å²) in [6.45, 7) is 7.16. The van der Waals surface area contributed by atoms with Gasteiger partial charge in [0.15, 0.2) is 21.5 Å². The third-order valence-electron chi connectivity index (χ3n) is 9.99. The number of aliphatic carboxylic acids is 1. The SMILES string of the molecule is C[C@@H](Cc1cccc(C2(C)CCCC(C)(C)CS(=O)(=O)CCc3c(c(F)cc4[nH]ccc34)S(=O)(=O)c3ccc(F)c(c3)-c3nc2nn3C)n1)C(=O)O. The molecule has 0 spiro atoms. The van der Waals surface area contributed by atoms with E-state index < -0.39 is 69.6 Å². The molecule has 1 unspecified atom stereocenters. The van der Waals surface area contributed by atoms with E-state index in [4.69, 9.17) is 9.97 Å². The molecule has 0 saturated carbocycles. The number of sulfone groups is 2. The van der Waals surface area contributed by atoms with Crippen LogP contribution in [0.4, 0.5) is 8.78 Å². The Kier molecular flexibility index (Phi) is 9.66. The number of carbonyl (C=O) groups is 1. The molecule has 3 aromatic heterocycles. The number of nitrogens with one attached hydrogen (secondary N) is 1. The molecule has 0 fully saturated rings. The number of aryl methyl sites for hydroxylation is 2. The summed E-state index contributed by atoms with van der Waals surface area (Å²) in [7, 11) is -6.90. The summed E-state index contributed by atoms with van der Waals surface area (Å²) < 4.78 is 88.9. The molecule has 2 atom stereocenters. The summed E-state index contributed by atoms with van der Waals surface area (Å²) in [4.78, 5) is 23.0. The fourth-order valence-corrected chi connectivity index (χ4v) is 10.8. The number of rotatable bonds is 4. The van der Waals surface area contributed by atoms with Crippen molar-refractivity contribution in [1.82, 2.24) is 24.7 Å². The van der Waals surface area contributed by atoms with Crippen molar-refractivity contribution in [1.29, 1.82) is 0 Å². The van der Waals surface area contributed by atoms with Crippen molar-refractivity contribution < 1.29 is 35.5 Å². The quantitative estimate of drug-likeness (QED) is 0.203. The molecule has 0 radical (unpaired) electrons. The first kappa shape index (κ1) is 37.3. The predicted octanol–water partition coefficient (Wildman–Crippen LogP) is 6.21. The number of carboxylic acids is 1. The number of nitrogens with zero attached hydrogens (tertiary/aromatic N) is 4. The zero-order valence-electron chi connectivity index (χ0n) is 29.6. The van der Waals surface area contributed by atoms with Crippen LogP contribution in [0.2, 0.25) is 0 Å². The topological polar surface area (TPSA) is 165 Å². The third-order valence-corrected chi connectivity index (χ3v) is 13.9. The third kappa shape index (κ3) is 7.12. The molecule has 4 heterocycles. The molecule has 15 heteroatoms. The van der Waals surface area contributed by atoms with Gasteiger partial charge in [0, 0.05) is 36.3 Å². The second-order valence-corrected chi connectivity index (χ2v) is 18.9. The lowest BCUT2D eigenvalue weighted by atomic mass is 9.78. The van der Waals surface area contributed by atoms with Crippen LogP contribution in [0.1, 0.15) is 69.7 Å². The van der Waals surface area contributed by atoms with Crippen molar-refractivity contribution in [3.8, 4) is 11.4 Å². The molecule has 4 bridgehead atoms. The zero-order valence-corrected chi connectivity index (χ0v) is 31.2. The maximum Gasteiger partial charge on any atom is 0.306 e. The van der Waals surface area contributed by atoms with Gasteiger partial charge in [-0.15, -0.1) is 0 Å². The Hall–Kier alpha value is -4.50. The fourth-order valence-electron chi connectivity index (χ4n) is 7.15. The Bertz CT molecular complexity index is 2420. The summed E-state index contributed by atoms with van der Waals surface area (Å²) in [6, 6.07) is 11.0. The maximum absolute atomic E-state index is 15.9. The van der Waals surface area contributed by atoms with Crippen LogP contribution in [0, 0.1) is 23.0 Å². The Morgan fingerprint density at radius 3 is 2.50 bits per heavy atom. The molecule has 2 aromatic carbocycles. The number of hydrogen-bond donors (Lipinski definition) is 2. The lowest BCUT2D eigenvalue weighted by Gasteiger charge is -2.30. The normalized spacial score (nSPS) is 20.8. The van der Waals surface area contributed by atoms with E-state index in [0.29, 0.717) is 41.6 Å². The molecule has 1 aliphatic heterocycles. The van der Waals surface area contributed by atoms with Crippen LogP contribution >= 0.6 is 0 Å². The molecule has 5 aromatic rings.